The van der Waals surface area contributed by atoms with Crippen LogP contribution in [0, 0.1) is 6.92 Å². The van der Waals surface area contributed by atoms with E-state index in [2.05, 4.69) is 5.16 Å². The van der Waals surface area contributed by atoms with Gasteiger partial charge in [0.05, 0.1) is 13.3 Å². The Morgan fingerprint density at radius 3 is 2.82 bits per heavy atom. The minimum atomic E-state index is -1.06. The summed E-state index contributed by atoms with van der Waals surface area (Å²) in [7, 11) is 1.57. The van der Waals surface area contributed by atoms with Crippen LogP contribution in [-0.4, -0.2) is 23.3 Å². The lowest BCUT2D eigenvalue weighted by Gasteiger charge is -2.05. The van der Waals surface area contributed by atoms with Crippen LogP contribution in [0.15, 0.2) is 28.9 Å². The number of carboxylic acids is 1. The minimum Gasteiger partial charge on any atom is -0.497 e. The van der Waals surface area contributed by atoms with Crippen LogP contribution in [-0.2, 0) is 0 Å². The molecule has 1 aromatic carbocycles. The monoisotopic (exact) mass is 233 g/mol. The van der Waals surface area contributed by atoms with Crippen LogP contribution in [0.25, 0.3) is 11.3 Å². The molecule has 17 heavy (non-hydrogen) atoms. The van der Waals surface area contributed by atoms with Crippen LogP contribution in [0.4, 0.5) is 0 Å². The van der Waals surface area contributed by atoms with E-state index in [9.17, 15) is 4.79 Å². The summed E-state index contributed by atoms with van der Waals surface area (Å²) in [4.78, 5) is 11.0. The first-order valence-corrected chi connectivity index (χ1v) is 4.96. The number of aryl methyl sites for hydroxylation is 1. The Balaban J connectivity index is 2.53. The lowest BCUT2D eigenvalue weighted by Crippen LogP contribution is -1.97. The van der Waals surface area contributed by atoms with Gasteiger partial charge in [0.15, 0.2) is 5.76 Å². The first kappa shape index (κ1) is 11.2. The topological polar surface area (TPSA) is 72.6 Å². The Morgan fingerprint density at radius 2 is 2.24 bits per heavy atom. The second-order valence-electron chi connectivity index (χ2n) is 3.55. The van der Waals surface area contributed by atoms with Gasteiger partial charge in [-0.25, -0.2) is 4.79 Å². The maximum absolute atomic E-state index is 11.0. The molecule has 0 atom stereocenters. The molecule has 1 aromatic heterocycles. The van der Waals surface area contributed by atoms with Gasteiger partial charge in [0, 0.05) is 5.56 Å². The van der Waals surface area contributed by atoms with E-state index in [1.165, 1.54) is 6.20 Å². The summed E-state index contributed by atoms with van der Waals surface area (Å²) in [5.74, 6) is -0.0863. The van der Waals surface area contributed by atoms with E-state index in [0.29, 0.717) is 11.3 Å². The van der Waals surface area contributed by atoms with Crippen molar-refractivity contribution in [3.63, 3.8) is 0 Å². The number of ether oxygens (including phenoxy) is 1. The Kier molecular flexibility index (Phi) is 2.82. The number of hydrogen-bond acceptors (Lipinski definition) is 4. The highest BCUT2D eigenvalue weighted by Gasteiger charge is 2.18. The number of carboxylic acid groups (broad SMARTS) is 1. The van der Waals surface area contributed by atoms with Gasteiger partial charge in [-0.2, -0.15) is 0 Å². The third kappa shape index (κ3) is 1.99. The smallest absolute Gasteiger partial charge is 0.341 e. The van der Waals surface area contributed by atoms with Gasteiger partial charge in [0.2, 0.25) is 0 Å². The molecule has 0 saturated carbocycles. The number of aromatic carboxylic acids is 1. The van der Waals surface area contributed by atoms with Crippen molar-refractivity contribution >= 4 is 5.97 Å². The summed E-state index contributed by atoms with van der Waals surface area (Å²) < 4.78 is 10.1. The van der Waals surface area contributed by atoms with Crippen molar-refractivity contribution in [1.29, 1.82) is 0 Å². The van der Waals surface area contributed by atoms with Crippen LogP contribution < -0.4 is 4.74 Å². The molecule has 5 nitrogen and oxygen atoms in total. The summed E-state index contributed by atoms with van der Waals surface area (Å²) in [5, 5.41) is 12.5. The molecule has 0 aliphatic heterocycles. The Morgan fingerprint density at radius 1 is 1.47 bits per heavy atom. The molecule has 0 saturated heterocycles. The van der Waals surface area contributed by atoms with Gasteiger partial charge in [-0.15, -0.1) is 0 Å². The molecular formula is C12H11NO4. The maximum atomic E-state index is 11.0. The van der Waals surface area contributed by atoms with Crippen LogP contribution >= 0.6 is 0 Å². The maximum Gasteiger partial charge on any atom is 0.341 e. The number of benzene rings is 1. The van der Waals surface area contributed by atoms with E-state index in [0.717, 1.165) is 5.56 Å². The molecule has 2 rings (SSSR count). The second kappa shape index (κ2) is 4.29. The fourth-order valence-corrected chi connectivity index (χ4v) is 1.60. The number of methoxy groups -OCH3 is 1. The van der Waals surface area contributed by atoms with Crippen LogP contribution in [0.5, 0.6) is 5.75 Å². The predicted molar refractivity (Wildman–Crippen MR) is 60.2 cm³/mol. The van der Waals surface area contributed by atoms with Gasteiger partial charge < -0.3 is 14.4 Å². The van der Waals surface area contributed by atoms with Gasteiger partial charge in [0.25, 0.3) is 0 Å². The molecule has 0 fully saturated rings. The largest absolute Gasteiger partial charge is 0.497 e. The lowest BCUT2D eigenvalue weighted by atomic mass is 10.0. The van der Waals surface area contributed by atoms with E-state index in [-0.39, 0.29) is 11.3 Å². The highest BCUT2D eigenvalue weighted by atomic mass is 16.5. The van der Waals surface area contributed by atoms with E-state index < -0.39 is 5.97 Å². The van der Waals surface area contributed by atoms with Crippen molar-refractivity contribution < 1.29 is 19.2 Å². The number of hydrogen-bond donors (Lipinski definition) is 1. The summed E-state index contributed by atoms with van der Waals surface area (Å²) in [6.45, 7) is 1.85. The third-order valence-corrected chi connectivity index (χ3v) is 2.48. The molecule has 0 radical (unpaired) electrons. The number of aromatic nitrogens is 1. The Labute approximate surface area is 97.6 Å². The van der Waals surface area contributed by atoms with Gasteiger partial charge in [-0.1, -0.05) is 5.16 Å². The zero-order valence-corrected chi connectivity index (χ0v) is 9.43. The van der Waals surface area contributed by atoms with Crippen molar-refractivity contribution in [2.45, 2.75) is 6.92 Å². The molecule has 0 unspecified atom stereocenters. The molecule has 88 valence electrons. The molecule has 0 aliphatic carbocycles. The zero-order chi connectivity index (χ0) is 12.4. The fraction of sp³-hybridized carbons (Fsp3) is 0.167. The van der Waals surface area contributed by atoms with E-state index in [1.54, 1.807) is 19.2 Å². The molecule has 1 N–H and O–H groups in total. The molecule has 5 heteroatoms. The molecule has 0 aliphatic rings. The Bertz CT molecular complexity index is 559. The van der Waals surface area contributed by atoms with Gasteiger partial charge >= 0.3 is 5.97 Å². The minimum absolute atomic E-state index is 0.0540. The number of rotatable bonds is 3. The summed E-state index contributed by atoms with van der Waals surface area (Å²) >= 11 is 0. The summed E-state index contributed by atoms with van der Waals surface area (Å²) in [6, 6.07) is 5.31. The van der Waals surface area contributed by atoms with Crippen molar-refractivity contribution in [2.24, 2.45) is 0 Å². The van der Waals surface area contributed by atoms with E-state index >= 15 is 0 Å². The molecule has 1 heterocycles. The number of nitrogens with zero attached hydrogens (tertiary/aromatic N) is 1. The van der Waals surface area contributed by atoms with Crippen molar-refractivity contribution in [3.8, 4) is 17.1 Å². The molecule has 0 bridgehead atoms. The molecular weight excluding hydrogens is 222 g/mol. The van der Waals surface area contributed by atoms with Crippen molar-refractivity contribution in [1.82, 2.24) is 5.16 Å². The molecule has 0 spiro atoms. The van der Waals surface area contributed by atoms with Crippen LogP contribution in [0.3, 0.4) is 0 Å². The third-order valence-electron chi connectivity index (χ3n) is 2.48. The molecule has 0 amide bonds. The van der Waals surface area contributed by atoms with Crippen molar-refractivity contribution in [3.05, 3.63) is 35.5 Å². The first-order valence-electron chi connectivity index (χ1n) is 4.96. The zero-order valence-electron chi connectivity index (χ0n) is 9.43. The Hall–Kier alpha value is -2.30. The quantitative estimate of drug-likeness (QED) is 0.880. The fourth-order valence-electron chi connectivity index (χ4n) is 1.60. The standard InChI is InChI=1S/C12H11NO4/c1-7-5-8(16-2)3-4-9(7)11-10(12(14)15)6-13-17-11/h3-6H,1-2H3,(H,14,15). The van der Waals surface area contributed by atoms with E-state index in [4.69, 9.17) is 14.4 Å². The lowest BCUT2D eigenvalue weighted by molar-refractivity contribution is 0.0697. The molecule has 2 aromatic rings. The summed E-state index contributed by atoms with van der Waals surface area (Å²) in [5.41, 5.74) is 1.61. The normalized spacial score (nSPS) is 10.2. The highest BCUT2D eigenvalue weighted by molar-refractivity contribution is 5.94. The predicted octanol–water partition coefficient (Wildman–Crippen LogP) is 2.36. The second-order valence-corrected chi connectivity index (χ2v) is 3.55. The van der Waals surface area contributed by atoms with E-state index in [1.807, 2.05) is 13.0 Å². The number of carbonyl (C=O) groups is 1. The van der Waals surface area contributed by atoms with Crippen LogP contribution in [0.2, 0.25) is 0 Å². The summed E-state index contributed by atoms with van der Waals surface area (Å²) in [6.07, 6.45) is 1.20. The van der Waals surface area contributed by atoms with Crippen molar-refractivity contribution in [2.75, 3.05) is 7.11 Å². The van der Waals surface area contributed by atoms with Gasteiger partial charge in [-0.3, -0.25) is 0 Å². The van der Waals surface area contributed by atoms with Crippen LogP contribution in [0.1, 0.15) is 15.9 Å². The SMILES string of the molecule is COc1ccc(-c2oncc2C(=O)O)c(C)c1. The first-order chi connectivity index (χ1) is 8.13. The van der Waals surface area contributed by atoms with Gasteiger partial charge in [0.1, 0.15) is 11.3 Å². The average molecular weight is 233 g/mol. The van der Waals surface area contributed by atoms with Gasteiger partial charge in [-0.05, 0) is 30.7 Å². The average Bonchev–Trinajstić information content (AvgIpc) is 2.77. The highest BCUT2D eigenvalue weighted by Crippen LogP contribution is 2.29.